The molecular formula is C33H20N4S. The van der Waals surface area contributed by atoms with Gasteiger partial charge in [-0.05, 0) is 36.3 Å². The molecule has 0 radical (unpaired) electrons. The Hall–Kier alpha value is -4.61. The molecule has 0 amide bonds. The normalized spacial score (nSPS) is 16.4. The number of thiazole rings is 1. The van der Waals surface area contributed by atoms with Crippen LogP contribution in [-0.4, -0.2) is 19.5 Å². The van der Waals surface area contributed by atoms with Crippen LogP contribution in [0.1, 0.15) is 23.9 Å². The summed E-state index contributed by atoms with van der Waals surface area (Å²) < 4.78 is 3.82. The number of allylic oxidation sites excluding steroid dienone is 4. The van der Waals surface area contributed by atoms with Crippen LogP contribution < -0.4 is 0 Å². The molecule has 1 aliphatic heterocycles. The fourth-order valence-electron chi connectivity index (χ4n) is 6.42. The molecule has 178 valence electrons. The number of hydrogen-bond acceptors (Lipinski definition) is 4. The maximum absolute atomic E-state index is 5.16. The predicted molar refractivity (Wildman–Crippen MR) is 157 cm³/mol. The zero-order chi connectivity index (χ0) is 24.8. The lowest BCUT2D eigenvalue weighted by Gasteiger charge is -2.21. The van der Waals surface area contributed by atoms with E-state index in [0.29, 0.717) is 0 Å². The van der Waals surface area contributed by atoms with E-state index in [9.17, 15) is 0 Å². The van der Waals surface area contributed by atoms with Crippen LogP contribution in [0.2, 0.25) is 0 Å². The molecule has 0 bridgehead atoms. The summed E-state index contributed by atoms with van der Waals surface area (Å²) in [5, 5.41) is 3.67. The summed E-state index contributed by atoms with van der Waals surface area (Å²) in [5.74, 6) is 0.780. The molecule has 7 aromatic rings. The van der Waals surface area contributed by atoms with Crippen molar-refractivity contribution >= 4 is 65.4 Å². The van der Waals surface area contributed by atoms with Crippen molar-refractivity contribution in [1.29, 1.82) is 0 Å². The standard InChI is InChI=1S/C33H20N4S/c1-2-8-19(9-3-1)30-22-11-4-6-12-25(22)35-33(36-30)20-14-15-28-24(16-20)29-31-23(17-26-32(29)38-18-34-26)21-10-5-7-13-27(21)37(28)31/h1-14,16-18,28H,15H2. The van der Waals surface area contributed by atoms with Gasteiger partial charge in [0.15, 0.2) is 5.82 Å². The third-order valence-electron chi connectivity index (χ3n) is 8.03. The van der Waals surface area contributed by atoms with Crippen LogP contribution in [0.3, 0.4) is 0 Å². The SMILES string of the molecule is C1=C(c2nc(-c3ccccc3)c3ccccc3n2)C=C2c3c4scnc4cc4c5ccccc5n(c34)C2C1. The molecule has 4 aromatic carbocycles. The Balaban J connectivity index is 1.29. The summed E-state index contributed by atoms with van der Waals surface area (Å²) in [4.78, 5) is 14.9. The van der Waals surface area contributed by atoms with E-state index in [1.807, 2.05) is 17.6 Å². The van der Waals surface area contributed by atoms with E-state index in [2.05, 4.69) is 89.5 Å². The number of fused-ring (bicyclic) bond motifs is 9. The fourth-order valence-corrected chi connectivity index (χ4v) is 7.26. The second-order valence-electron chi connectivity index (χ2n) is 10.0. The van der Waals surface area contributed by atoms with Gasteiger partial charge in [0.1, 0.15) is 0 Å². The van der Waals surface area contributed by atoms with E-state index in [1.54, 1.807) is 11.3 Å². The number of rotatable bonds is 2. The largest absolute Gasteiger partial charge is 0.332 e. The minimum atomic E-state index is 0.262. The van der Waals surface area contributed by atoms with Gasteiger partial charge in [-0.1, -0.05) is 72.8 Å². The summed E-state index contributed by atoms with van der Waals surface area (Å²) in [6, 6.07) is 30.0. The van der Waals surface area contributed by atoms with Gasteiger partial charge in [0.2, 0.25) is 0 Å². The topological polar surface area (TPSA) is 43.6 Å². The second-order valence-corrected chi connectivity index (χ2v) is 10.9. The highest BCUT2D eigenvalue weighted by atomic mass is 32.1. The molecule has 1 atom stereocenters. The average Bonchev–Trinajstić information content (AvgIpc) is 3.67. The monoisotopic (exact) mass is 504 g/mol. The molecule has 38 heavy (non-hydrogen) atoms. The summed E-state index contributed by atoms with van der Waals surface area (Å²) in [7, 11) is 0. The predicted octanol–water partition coefficient (Wildman–Crippen LogP) is 8.44. The van der Waals surface area contributed by atoms with Crippen molar-refractivity contribution in [2.24, 2.45) is 0 Å². The first kappa shape index (κ1) is 20.4. The molecule has 2 aliphatic rings. The molecule has 4 nitrogen and oxygen atoms in total. The van der Waals surface area contributed by atoms with E-state index in [4.69, 9.17) is 15.0 Å². The number of hydrogen-bond donors (Lipinski definition) is 0. The summed E-state index contributed by atoms with van der Waals surface area (Å²) in [5.41, 5.74) is 12.5. The molecule has 5 heteroatoms. The molecule has 0 saturated heterocycles. The highest BCUT2D eigenvalue weighted by molar-refractivity contribution is 7.17. The van der Waals surface area contributed by atoms with Crippen LogP contribution in [0.4, 0.5) is 0 Å². The van der Waals surface area contributed by atoms with Gasteiger partial charge in [0, 0.05) is 38.4 Å². The molecule has 1 aliphatic carbocycles. The Labute approximate surface area is 222 Å². The van der Waals surface area contributed by atoms with Crippen LogP contribution in [0.25, 0.3) is 65.3 Å². The Morgan fingerprint density at radius 2 is 1.61 bits per heavy atom. The van der Waals surface area contributed by atoms with E-state index in [0.717, 1.165) is 45.5 Å². The van der Waals surface area contributed by atoms with Crippen LogP contribution in [0.15, 0.2) is 103 Å². The van der Waals surface area contributed by atoms with Gasteiger partial charge < -0.3 is 4.57 Å². The Bertz CT molecular complexity index is 2160. The van der Waals surface area contributed by atoms with Crippen molar-refractivity contribution in [1.82, 2.24) is 19.5 Å². The quantitative estimate of drug-likeness (QED) is 0.237. The lowest BCUT2D eigenvalue weighted by Crippen LogP contribution is -2.08. The van der Waals surface area contributed by atoms with Gasteiger partial charge in [-0.15, -0.1) is 11.3 Å². The zero-order valence-corrected chi connectivity index (χ0v) is 21.1. The first-order valence-corrected chi connectivity index (χ1v) is 13.8. The van der Waals surface area contributed by atoms with Crippen molar-refractivity contribution in [3.63, 3.8) is 0 Å². The molecular weight excluding hydrogens is 484 g/mol. The maximum Gasteiger partial charge on any atom is 0.160 e. The Morgan fingerprint density at radius 1 is 0.789 bits per heavy atom. The van der Waals surface area contributed by atoms with Crippen LogP contribution in [0, 0.1) is 0 Å². The number of nitrogens with zero attached hydrogens (tertiary/aromatic N) is 4. The molecule has 3 aromatic heterocycles. The van der Waals surface area contributed by atoms with E-state index >= 15 is 0 Å². The number of aromatic nitrogens is 4. The minimum absolute atomic E-state index is 0.262. The fraction of sp³-hybridized carbons (Fsp3) is 0.0606. The minimum Gasteiger partial charge on any atom is -0.332 e. The van der Waals surface area contributed by atoms with E-state index in [1.165, 1.54) is 37.6 Å². The smallest absolute Gasteiger partial charge is 0.160 e. The Morgan fingerprint density at radius 3 is 2.53 bits per heavy atom. The molecule has 0 N–H and O–H groups in total. The molecule has 4 heterocycles. The van der Waals surface area contributed by atoms with E-state index < -0.39 is 0 Å². The first-order valence-electron chi connectivity index (χ1n) is 12.9. The molecule has 0 fully saturated rings. The average molecular weight is 505 g/mol. The van der Waals surface area contributed by atoms with Crippen molar-refractivity contribution in [2.75, 3.05) is 0 Å². The summed E-state index contributed by atoms with van der Waals surface area (Å²) in [6.45, 7) is 0. The summed E-state index contributed by atoms with van der Waals surface area (Å²) >= 11 is 1.73. The highest BCUT2D eigenvalue weighted by Gasteiger charge is 2.35. The lowest BCUT2D eigenvalue weighted by molar-refractivity contribution is 0.686. The molecule has 9 rings (SSSR count). The second kappa shape index (κ2) is 7.46. The third-order valence-corrected chi connectivity index (χ3v) is 8.89. The zero-order valence-electron chi connectivity index (χ0n) is 20.3. The van der Waals surface area contributed by atoms with E-state index in [-0.39, 0.29) is 6.04 Å². The van der Waals surface area contributed by atoms with Crippen LogP contribution >= 0.6 is 11.3 Å². The van der Waals surface area contributed by atoms with Gasteiger partial charge in [-0.2, -0.15) is 0 Å². The van der Waals surface area contributed by atoms with Gasteiger partial charge in [0.05, 0.1) is 38.5 Å². The van der Waals surface area contributed by atoms with Gasteiger partial charge in [-0.25, -0.2) is 15.0 Å². The molecule has 0 spiro atoms. The number of para-hydroxylation sites is 2. The lowest BCUT2D eigenvalue weighted by atomic mass is 9.90. The van der Waals surface area contributed by atoms with Gasteiger partial charge in [-0.3, -0.25) is 0 Å². The van der Waals surface area contributed by atoms with Crippen molar-refractivity contribution in [3.8, 4) is 11.3 Å². The highest BCUT2D eigenvalue weighted by Crippen LogP contribution is 2.53. The van der Waals surface area contributed by atoms with Crippen molar-refractivity contribution in [3.05, 3.63) is 114 Å². The van der Waals surface area contributed by atoms with Crippen LogP contribution in [0.5, 0.6) is 0 Å². The van der Waals surface area contributed by atoms with Gasteiger partial charge in [0.25, 0.3) is 0 Å². The first-order chi connectivity index (χ1) is 18.8. The molecule has 0 saturated carbocycles. The van der Waals surface area contributed by atoms with Crippen molar-refractivity contribution in [2.45, 2.75) is 12.5 Å². The maximum atomic E-state index is 5.16. The number of benzene rings is 4. The Kier molecular flexibility index (Phi) is 4.02. The van der Waals surface area contributed by atoms with Crippen LogP contribution in [-0.2, 0) is 0 Å². The third kappa shape index (κ3) is 2.66. The van der Waals surface area contributed by atoms with Gasteiger partial charge >= 0.3 is 0 Å². The summed E-state index contributed by atoms with van der Waals surface area (Å²) in [6.07, 6.45) is 5.56. The van der Waals surface area contributed by atoms with Crippen molar-refractivity contribution < 1.29 is 0 Å². The molecule has 1 unspecified atom stereocenters.